The number of aromatic nitrogens is 1. The number of anilines is 2. The average Bonchev–Trinajstić information content (AvgIpc) is 2.41. The van der Waals surface area contributed by atoms with Crippen LogP contribution in [-0.2, 0) is 4.74 Å². The molecule has 2 rings (SSSR count). The zero-order valence-corrected chi connectivity index (χ0v) is 13.2. The maximum atomic E-state index is 11.4. The maximum Gasteiger partial charge on any atom is 0.338 e. The molecule has 6 heteroatoms. The van der Waals surface area contributed by atoms with E-state index in [1.807, 2.05) is 18.2 Å². The highest BCUT2D eigenvalue weighted by Gasteiger charge is 2.07. The van der Waals surface area contributed by atoms with Crippen LogP contribution in [0.4, 0.5) is 11.5 Å². The third-order valence-electron chi connectivity index (χ3n) is 2.37. The van der Waals surface area contributed by atoms with Crippen molar-refractivity contribution in [1.82, 2.24) is 4.98 Å². The van der Waals surface area contributed by atoms with Crippen molar-refractivity contribution < 1.29 is 9.53 Å². The number of methoxy groups -OCH3 is 1. The Balaban J connectivity index is 2.26. The van der Waals surface area contributed by atoms with Gasteiger partial charge in [0, 0.05) is 15.1 Å². The summed E-state index contributed by atoms with van der Waals surface area (Å²) in [6.45, 7) is 0. The molecule has 0 radical (unpaired) electrons. The minimum Gasteiger partial charge on any atom is -0.465 e. The quantitative estimate of drug-likeness (QED) is 0.806. The number of carbonyl (C=O) groups is 1. The van der Waals surface area contributed by atoms with Crippen LogP contribution in [0.2, 0.25) is 0 Å². The molecule has 0 amide bonds. The van der Waals surface area contributed by atoms with E-state index in [2.05, 4.69) is 46.9 Å². The van der Waals surface area contributed by atoms with Crippen molar-refractivity contribution in [3.63, 3.8) is 0 Å². The van der Waals surface area contributed by atoms with E-state index in [0.29, 0.717) is 11.4 Å². The second-order valence-corrected chi connectivity index (χ2v) is 5.44. The summed E-state index contributed by atoms with van der Waals surface area (Å²) in [5, 5.41) is 3.13. The molecule has 0 saturated heterocycles. The molecule has 0 saturated carbocycles. The van der Waals surface area contributed by atoms with Crippen LogP contribution in [0.25, 0.3) is 0 Å². The third kappa shape index (κ3) is 3.54. The highest BCUT2D eigenvalue weighted by molar-refractivity contribution is 9.11. The second kappa shape index (κ2) is 6.16. The zero-order valence-electron chi connectivity index (χ0n) is 9.98. The van der Waals surface area contributed by atoms with Crippen molar-refractivity contribution in [1.29, 1.82) is 0 Å². The van der Waals surface area contributed by atoms with E-state index in [0.717, 1.165) is 14.6 Å². The van der Waals surface area contributed by atoms with Crippen LogP contribution in [0, 0.1) is 0 Å². The minimum atomic E-state index is -0.389. The summed E-state index contributed by atoms with van der Waals surface area (Å²) in [6, 6.07) is 8.98. The van der Waals surface area contributed by atoms with Gasteiger partial charge < -0.3 is 10.1 Å². The Labute approximate surface area is 127 Å². The Morgan fingerprint density at radius 1 is 1.26 bits per heavy atom. The Bertz CT molecular complexity index is 617. The van der Waals surface area contributed by atoms with Gasteiger partial charge in [0.1, 0.15) is 5.82 Å². The summed E-state index contributed by atoms with van der Waals surface area (Å²) < 4.78 is 6.54. The zero-order chi connectivity index (χ0) is 13.8. The lowest BCUT2D eigenvalue weighted by molar-refractivity contribution is 0.0600. The van der Waals surface area contributed by atoms with Crippen molar-refractivity contribution in [3.8, 4) is 0 Å². The second-order valence-electron chi connectivity index (χ2n) is 3.67. The highest BCUT2D eigenvalue weighted by atomic mass is 79.9. The van der Waals surface area contributed by atoms with Crippen LogP contribution in [-0.4, -0.2) is 18.1 Å². The van der Waals surface area contributed by atoms with Crippen LogP contribution >= 0.6 is 31.9 Å². The maximum absolute atomic E-state index is 11.4. The van der Waals surface area contributed by atoms with E-state index in [1.54, 1.807) is 18.3 Å². The number of nitrogens with zero attached hydrogens (tertiary/aromatic N) is 1. The largest absolute Gasteiger partial charge is 0.465 e. The van der Waals surface area contributed by atoms with Crippen molar-refractivity contribution >= 4 is 49.3 Å². The molecule has 0 bridgehead atoms. The van der Waals surface area contributed by atoms with Gasteiger partial charge in [-0.3, -0.25) is 0 Å². The molecular weight excluding hydrogens is 376 g/mol. The van der Waals surface area contributed by atoms with Gasteiger partial charge in [0.05, 0.1) is 18.4 Å². The summed E-state index contributed by atoms with van der Waals surface area (Å²) in [7, 11) is 1.35. The first kappa shape index (κ1) is 14.0. The number of hydrogen-bond acceptors (Lipinski definition) is 4. The number of halogens is 2. The fraction of sp³-hybridized carbons (Fsp3) is 0.0769. The predicted octanol–water partition coefficient (Wildman–Crippen LogP) is 4.14. The molecule has 98 valence electrons. The molecule has 0 atom stereocenters. The topological polar surface area (TPSA) is 51.2 Å². The lowest BCUT2D eigenvalue weighted by Gasteiger charge is -2.09. The van der Waals surface area contributed by atoms with E-state index in [4.69, 9.17) is 0 Å². The van der Waals surface area contributed by atoms with E-state index >= 15 is 0 Å². The number of pyridine rings is 1. The first-order valence-corrected chi connectivity index (χ1v) is 6.95. The van der Waals surface area contributed by atoms with E-state index in [-0.39, 0.29) is 5.97 Å². The molecule has 0 unspecified atom stereocenters. The number of ether oxygens (including phenoxy) is 1. The SMILES string of the molecule is COC(=O)c1ccnc(Nc2ccc(Br)cc2Br)c1. The lowest BCUT2D eigenvalue weighted by atomic mass is 10.2. The predicted molar refractivity (Wildman–Crippen MR) is 80.7 cm³/mol. The van der Waals surface area contributed by atoms with Gasteiger partial charge >= 0.3 is 5.97 Å². The van der Waals surface area contributed by atoms with Gasteiger partial charge in [0.25, 0.3) is 0 Å². The number of hydrogen-bond donors (Lipinski definition) is 1. The standard InChI is InChI=1S/C13H10Br2N2O2/c1-19-13(18)8-4-5-16-12(6-8)17-11-3-2-9(14)7-10(11)15/h2-7H,1H3,(H,16,17). The van der Waals surface area contributed by atoms with E-state index in [9.17, 15) is 4.79 Å². The Morgan fingerprint density at radius 2 is 2.05 bits per heavy atom. The van der Waals surface area contributed by atoms with Crippen molar-refractivity contribution in [2.45, 2.75) is 0 Å². The Hall–Kier alpha value is -1.40. The fourth-order valence-corrected chi connectivity index (χ4v) is 2.62. The summed E-state index contributed by atoms with van der Waals surface area (Å²) in [5.74, 6) is 0.186. The molecule has 2 aromatic rings. The van der Waals surface area contributed by atoms with Gasteiger partial charge in [-0.05, 0) is 46.3 Å². The van der Waals surface area contributed by atoms with Crippen LogP contribution in [0.1, 0.15) is 10.4 Å². The fourth-order valence-electron chi connectivity index (χ4n) is 1.47. The smallest absolute Gasteiger partial charge is 0.338 e. The van der Waals surface area contributed by atoms with Gasteiger partial charge in [-0.25, -0.2) is 9.78 Å². The highest BCUT2D eigenvalue weighted by Crippen LogP contribution is 2.28. The molecule has 19 heavy (non-hydrogen) atoms. The monoisotopic (exact) mass is 384 g/mol. The number of benzene rings is 1. The molecule has 1 heterocycles. The molecule has 1 aromatic carbocycles. The number of rotatable bonds is 3. The van der Waals surface area contributed by atoms with Gasteiger partial charge in [-0.1, -0.05) is 15.9 Å². The van der Waals surface area contributed by atoms with Crippen molar-refractivity contribution in [2.75, 3.05) is 12.4 Å². The first-order chi connectivity index (χ1) is 9.10. The van der Waals surface area contributed by atoms with Gasteiger partial charge in [0.15, 0.2) is 0 Å². The summed E-state index contributed by atoms with van der Waals surface area (Å²) in [4.78, 5) is 15.6. The third-order valence-corrected chi connectivity index (χ3v) is 3.52. The number of carbonyl (C=O) groups excluding carboxylic acids is 1. The van der Waals surface area contributed by atoms with Gasteiger partial charge in [-0.2, -0.15) is 0 Å². The Morgan fingerprint density at radius 3 is 2.74 bits per heavy atom. The number of nitrogens with one attached hydrogen (secondary N) is 1. The molecule has 1 N–H and O–H groups in total. The molecule has 0 fully saturated rings. The molecular formula is C13H10Br2N2O2. The van der Waals surface area contributed by atoms with Crippen molar-refractivity contribution in [2.24, 2.45) is 0 Å². The van der Waals surface area contributed by atoms with Crippen LogP contribution in [0.3, 0.4) is 0 Å². The molecule has 0 aliphatic rings. The number of esters is 1. The van der Waals surface area contributed by atoms with Gasteiger partial charge in [-0.15, -0.1) is 0 Å². The van der Waals surface area contributed by atoms with Gasteiger partial charge in [0.2, 0.25) is 0 Å². The summed E-state index contributed by atoms with van der Waals surface area (Å²) >= 11 is 6.84. The van der Waals surface area contributed by atoms with Crippen LogP contribution in [0.15, 0.2) is 45.5 Å². The lowest BCUT2D eigenvalue weighted by Crippen LogP contribution is -2.03. The van der Waals surface area contributed by atoms with Crippen LogP contribution in [0.5, 0.6) is 0 Å². The van der Waals surface area contributed by atoms with Crippen molar-refractivity contribution in [3.05, 3.63) is 51.0 Å². The normalized spacial score (nSPS) is 10.1. The van der Waals surface area contributed by atoms with Crippen LogP contribution < -0.4 is 5.32 Å². The summed E-state index contributed by atoms with van der Waals surface area (Å²) in [5.41, 5.74) is 1.31. The molecule has 0 aliphatic carbocycles. The first-order valence-electron chi connectivity index (χ1n) is 5.36. The van der Waals surface area contributed by atoms with E-state index in [1.165, 1.54) is 7.11 Å². The Kier molecular flexibility index (Phi) is 4.55. The molecule has 4 nitrogen and oxygen atoms in total. The average molecular weight is 386 g/mol. The minimum absolute atomic E-state index is 0.389. The summed E-state index contributed by atoms with van der Waals surface area (Å²) in [6.07, 6.45) is 1.56. The molecule has 1 aromatic heterocycles. The molecule has 0 spiro atoms. The van der Waals surface area contributed by atoms with E-state index < -0.39 is 0 Å². The molecule has 0 aliphatic heterocycles.